The average molecular weight is 487 g/mol. The van der Waals surface area contributed by atoms with Crippen molar-refractivity contribution in [3.05, 3.63) is 65.9 Å². The van der Waals surface area contributed by atoms with Gasteiger partial charge in [0.25, 0.3) is 0 Å². The molecule has 0 spiro atoms. The molecule has 1 aromatic heterocycles. The number of sulfonamides is 1. The van der Waals surface area contributed by atoms with Crippen LogP contribution in [0.2, 0.25) is 0 Å². The molecule has 0 aliphatic carbocycles. The summed E-state index contributed by atoms with van der Waals surface area (Å²) in [6.45, 7) is 1.48. The van der Waals surface area contributed by atoms with Crippen molar-refractivity contribution < 1.29 is 31.9 Å². The van der Waals surface area contributed by atoms with Crippen molar-refractivity contribution in [2.75, 3.05) is 33.4 Å². The van der Waals surface area contributed by atoms with Crippen LogP contribution in [0.15, 0.2) is 64.0 Å². The highest BCUT2D eigenvalue weighted by Gasteiger charge is 2.26. The number of morpholine rings is 1. The molecule has 4 rings (SSSR count). The van der Waals surface area contributed by atoms with Gasteiger partial charge in [-0.2, -0.15) is 4.31 Å². The second-order valence-electron chi connectivity index (χ2n) is 7.73. The Morgan fingerprint density at radius 2 is 1.76 bits per heavy atom. The zero-order chi connectivity index (χ0) is 24.0. The van der Waals surface area contributed by atoms with Crippen LogP contribution in [0.1, 0.15) is 17.7 Å². The molecular weight excluding hydrogens is 460 g/mol. The number of nitrogens with zero attached hydrogens (tertiary/aromatic N) is 2. The maximum Gasteiger partial charge on any atom is 0.306 e. The summed E-state index contributed by atoms with van der Waals surface area (Å²) in [5.41, 5.74) is 2.35. The molecule has 0 radical (unpaired) electrons. The van der Waals surface area contributed by atoms with E-state index in [1.54, 1.807) is 37.4 Å². The first kappa shape index (κ1) is 23.9. The summed E-state index contributed by atoms with van der Waals surface area (Å²) >= 11 is 0. The lowest BCUT2D eigenvalue weighted by atomic mass is 10.1. The number of carbonyl (C=O) groups is 1. The number of aromatic nitrogens is 1. The molecule has 1 aliphatic heterocycles. The van der Waals surface area contributed by atoms with Gasteiger partial charge in [-0.15, -0.1) is 0 Å². The van der Waals surface area contributed by atoms with Gasteiger partial charge in [0.15, 0.2) is 12.4 Å². The van der Waals surface area contributed by atoms with E-state index in [-0.39, 0.29) is 23.9 Å². The number of benzene rings is 2. The van der Waals surface area contributed by atoms with Crippen molar-refractivity contribution in [3.8, 4) is 17.0 Å². The van der Waals surface area contributed by atoms with E-state index in [1.807, 2.05) is 24.3 Å². The lowest BCUT2D eigenvalue weighted by Crippen LogP contribution is -2.40. The third-order valence-electron chi connectivity index (χ3n) is 5.47. The molecule has 180 valence electrons. The Morgan fingerprint density at radius 3 is 2.44 bits per heavy atom. The number of methoxy groups -OCH3 is 1. The van der Waals surface area contributed by atoms with Crippen molar-refractivity contribution in [3.63, 3.8) is 0 Å². The van der Waals surface area contributed by atoms with Gasteiger partial charge in [-0.05, 0) is 48.4 Å². The van der Waals surface area contributed by atoms with E-state index in [4.69, 9.17) is 18.7 Å². The third kappa shape index (κ3) is 5.82. The molecular formula is C24H26N2O7S. The topological polar surface area (TPSA) is 108 Å². The summed E-state index contributed by atoms with van der Waals surface area (Å²) in [5.74, 6) is 0.805. The molecule has 10 heteroatoms. The van der Waals surface area contributed by atoms with Crippen LogP contribution in [0.25, 0.3) is 11.3 Å². The normalized spacial score (nSPS) is 14.6. The van der Waals surface area contributed by atoms with Crippen molar-refractivity contribution in [1.29, 1.82) is 0 Å². The maximum atomic E-state index is 12.7. The first-order valence-corrected chi connectivity index (χ1v) is 12.3. The predicted molar refractivity (Wildman–Crippen MR) is 123 cm³/mol. The Labute approximate surface area is 198 Å². The molecule has 34 heavy (non-hydrogen) atoms. The predicted octanol–water partition coefficient (Wildman–Crippen LogP) is 3.05. The Balaban J connectivity index is 1.25. The minimum absolute atomic E-state index is 0.0152. The molecule has 2 heterocycles. The number of hydrogen-bond acceptors (Lipinski definition) is 8. The summed E-state index contributed by atoms with van der Waals surface area (Å²) in [6.07, 6.45) is 0.596. The second-order valence-corrected chi connectivity index (χ2v) is 9.67. The average Bonchev–Trinajstić information content (AvgIpc) is 3.36. The SMILES string of the molecule is COc1ccc(-c2cc(COC(=O)CCc3ccc(S(=O)(=O)N4CCOCC4)cc3)on2)cc1. The van der Waals surface area contributed by atoms with Crippen molar-refractivity contribution in [2.24, 2.45) is 0 Å². The van der Waals surface area contributed by atoms with Crippen LogP contribution in [0.5, 0.6) is 5.75 Å². The van der Waals surface area contributed by atoms with Crippen molar-refractivity contribution >= 4 is 16.0 Å². The molecule has 1 fully saturated rings. The van der Waals surface area contributed by atoms with E-state index in [9.17, 15) is 13.2 Å². The molecule has 0 unspecified atom stereocenters. The molecule has 0 bridgehead atoms. The van der Waals surface area contributed by atoms with Gasteiger partial charge < -0.3 is 18.7 Å². The quantitative estimate of drug-likeness (QED) is 0.425. The number of ether oxygens (including phenoxy) is 3. The van der Waals surface area contributed by atoms with E-state index < -0.39 is 10.0 Å². The fraction of sp³-hybridized carbons (Fsp3) is 0.333. The van der Waals surface area contributed by atoms with Crippen molar-refractivity contribution in [1.82, 2.24) is 9.46 Å². The molecule has 0 atom stereocenters. The van der Waals surface area contributed by atoms with Gasteiger partial charge in [-0.25, -0.2) is 8.42 Å². The van der Waals surface area contributed by atoms with Crippen molar-refractivity contribution in [2.45, 2.75) is 24.3 Å². The number of rotatable bonds is 9. The fourth-order valence-electron chi connectivity index (χ4n) is 3.51. The molecule has 3 aromatic rings. The summed E-state index contributed by atoms with van der Waals surface area (Å²) in [7, 11) is -1.93. The van der Waals surface area contributed by atoms with Gasteiger partial charge in [0, 0.05) is 31.1 Å². The second kappa shape index (κ2) is 10.8. The number of aryl methyl sites for hydroxylation is 1. The van der Waals surface area contributed by atoms with Crippen LogP contribution in [0.4, 0.5) is 0 Å². The largest absolute Gasteiger partial charge is 0.497 e. The highest BCUT2D eigenvalue weighted by molar-refractivity contribution is 7.89. The van der Waals surface area contributed by atoms with Gasteiger partial charge in [0.05, 0.1) is 25.2 Å². The van der Waals surface area contributed by atoms with Gasteiger partial charge in [-0.3, -0.25) is 4.79 Å². The minimum atomic E-state index is -3.53. The number of hydrogen-bond donors (Lipinski definition) is 0. The smallest absolute Gasteiger partial charge is 0.306 e. The lowest BCUT2D eigenvalue weighted by Gasteiger charge is -2.26. The zero-order valence-electron chi connectivity index (χ0n) is 18.8. The number of carbonyl (C=O) groups excluding carboxylic acids is 1. The van der Waals surface area contributed by atoms with Crippen LogP contribution >= 0.6 is 0 Å². The van der Waals surface area contributed by atoms with Gasteiger partial charge in [0.2, 0.25) is 10.0 Å². The van der Waals surface area contributed by atoms with E-state index in [2.05, 4.69) is 5.16 Å². The highest BCUT2D eigenvalue weighted by Crippen LogP contribution is 2.23. The van der Waals surface area contributed by atoms with Crippen LogP contribution < -0.4 is 4.74 Å². The Hall–Kier alpha value is -3.21. The molecule has 1 saturated heterocycles. The Bertz CT molecular complexity index is 1200. The fourth-order valence-corrected chi connectivity index (χ4v) is 4.92. The Morgan fingerprint density at radius 1 is 1.06 bits per heavy atom. The summed E-state index contributed by atoms with van der Waals surface area (Å²) in [6, 6.07) is 15.7. The number of esters is 1. The zero-order valence-corrected chi connectivity index (χ0v) is 19.6. The standard InChI is InChI=1S/C24H26N2O7S/c1-30-20-7-5-19(6-8-20)23-16-21(33-25-23)17-32-24(27)11-4-18-2-9-22(10-3-18)34(28,29)26-12-14-31-15-13-26/h2-3,5-10,16H,4,11-15,17H2,1H3. The minimum Gasteiger partial charge on any atom is -0.497 e. The third-order valence-corrected chi connectivity index (χ3v) is 7.38. The van der Waals surface area contributed by atoms with E-state index >= 15 is 0 Å². The van der Waals surface area contributed by atoms with Gasteiger partial charge in [-0.1, -0.05) is 17.3 Å². The van der Waals surface area contributed by atoms with Crippen LogP contribution in [0, 0.1) is 0 Å². The monoisotopic (exact) mass is 486 g/mol. The molecule has 2 aromatic carbocycles. The summed E-state index contributed by atoms with van der Waals surface area (Å²) in [5, 5.41) is 4.01. The summed E-state index contributed by atoms with van der Waals surface area (Å²) in [4.78, 5) is 12.4. The van der Waals surface area contributed by atoms with E-state index in [0.717, 1.165) is 16.9 Å². The Kier molecular flexibility index (Phi) is 7.61. The first-order valence-electron chi connectivity index (χ1n) is 10.9. The highest BCUT2D eigenvalue weighted by atomic mass is 32.2. The van der Waals surface area contributed by atoms with Gasteiger partial charge in [0.1, 0.15) is 11.4 Å². The lowest BCUT2D eigenvalue weighted by molar-refractivity contribution is -0.145. The van der Waals surface area contributed by atoms with Crippen LogP contribution in [-0.2, 0) is 37.3 Å². The molecule has 0 N–H and O–H groups in total. The van der Waals surface area contributed by atoms with Crippen LogP contribution in [-0.4, -0.2) is 57.3 Å². The van der Waals surface area contributed by atoms with Crippen LogP contribution in [0.3, 0.4) is 0 Å². The molecule has 0 amide bonds. The van der Waals surface area contributed by atoms with Gasteiger partial charge >= 0.3 is 5.97 Å². The molecule has 9 nitrogen and oxygen atoms in total. The molecule has 0 saturated carbocycles. The summed E-state index contributed by atoms with van der Waals surface area (Å²) < 4.78 is 47.7. The molecule has 1 aliphatic rings. The maximum absolute atomic E-state index is 12.7. The van der Waals surface area contributed by atoms with E-state index in [0.29, 0.717) is 44.2 Å². The van der Waals surface area contributed by atoms with E-state index in [1.165, 1.54) is 4.31 Å². The first-order chi connectivity index (χ1) is 16.5.